The Morgan fingerprint density at radius 1 is 1.33 bits per heavy atom. The Morgan fingerprint density at radius 2 is 2.22 bits per heavy atom. The highest BCUT2D eigenvalue weighted by atomic mass is 16.3. The van der Waals surface area contributed by atoms with Crippen LogP contribution < -0.4 is 5.32 Å². The van der Waals surface area contributed by atoms with Crippen LogP contribution in [0.5, 0.6) is 0 Å². The number of hydrogen-bond donors (Lipinski definition) is 3. The zero-order valence-electron chi connectivity index (χ0n) is 15.3. The predicted molar refractivity (Wildman–Crippen MR) is 104 cm³/mol. The highest BCUT2D eigenvalue weighted by molar-refractivity contribution is 5.92. The minimum absolute atomic E-state index is 0.174. The number of hydrogen-bond acceptors (Lipinski definition) is 4. The van der Waals surface area contributed by atoms with E-state index < -0.39 is 0 Å². The van der Waals surface area contributed by atoms with Crippen LogP contribution >= 0.6 is 0 Å². The van der Waals surface area contributed by atoms with Crippen molar-refractivity contribution >= 4 is 16.8 Å². The fourth-order valence-electron chi connectivity index (χ4n) is 3.67. The van der Waals surface area contributed by atoms with Crippen molar-refractivity contribution in [2.45, 2.75) is 25.5 Å². The summed E-state index contributed by atoms with van der Waals surface area (Å²) in [5.74, 6) is -0.174. The van der Waals surface area contributed by atoms with Gasteiger partial charge in [0.1, 0.15) is 5.69 Å². The summed E-state index contributed by atoms with van der Waals surface area (Å²) in [5.41, 5.74) is 2.45. The monoisotopic (exact) mass is 367 g/mol. The summed E-state index contributed by atoms with van der Waals surface area (Å²) in [6.45, 7) is 3.60. The van der Waals surface area contributed by atoms with Crippen LogP contribution in [0.2, 0.25) is 0 Å². The van der Waals surface area contributed by atoms with E-state index in [4.69, 9.17) is 0 Å². The van der Waals surface area contributed by atoms with E-state index in [0.717, 1.165) is 37.1 Å². The molecule has 7 heteroatoms. The number of nitrogens with one attached hydrogen (secondary N) is 2. The summed E-state index contributed by atoms with van der Waals surface area (Å²) in [5, 5.41) is 20.9. The van der Waals surface area contributed by atoms with Gasteiger partial charge in [0.2, 0.25) is 0 Å². The Kier molecular flexibility index (Phi) is 5.22. The maximum absolute atomic E-state index is 12.3. The number of H-pyrrole nitrogens is 1. The second-order valence-electron chi connectivity index (χ2n) is 7.13. The summed E-state index contributed by atoms with van der Waals surface area (Å²) in [6.07, 6.45) is 3.67. The molecule has 27 heavy (non-hydrogen) atoms. The number of rotatable bonds is 6. The third-order valence-electron chi connectivity index (χ3n) is 5.08. The van der Waals surface area contributed by atoms with E-state index in [1.807, 2.05) is 18.3 Å². The number of para-hydroxylation sites is 1. The van der Waals surface area contributed by atoms with Gasteiger partial charge in [-0.15, -0.1) is 0 Å². The van der Waals surface area contributed by atoms with Crippen LogP contribution in [-0.2, 0) is 6.54 Å². The molecule has 1 atom stereocenters. The number of carbonyl (C=O) groups excluding carboxylic acids is 1. The second kappa shape index (κ2) is 7.94. The van der Waals surface area contributed by atoms with Gasteiger partial charge in [0.05, 0.1) is 18.3 Å². The molecule has 0 radical (unpaired) electrons. The van der Waals surface area contributed by atoms with Crippen molar-refractivity contribution in [3.8, 4) is 0 Å². The third kappa shape index (κ3) is 4.20. The SMILES string of the molecule is O=C(NCCN1CCC[C@@H](O)C1)c1cc(Cn2ccc3ccccc32)[nH]n1. The van der Waals surface area contributed by atoms with E-state index >= 15 is 0 Å². The first-order valence-corrected chi connectivity index (χ1v) is 9.46. The Balaban J connectivity index is 1.31. The number of piperidine rings is 1. The quantitative estimate of drug-likeness (QED) is 0.618. The third-order valence-corrected chi connectivity index (χ3v) is 5.08. The van der Waals surface area contributed by atoms with Gasteiger partial charge in [-0.3, -0.25) is 14.8 Å². The Bertz CT molecular complexity index is 916. The Morgan fingerprint density at radius 3 is 3.11 bits per heavy atom. The normalized spacial score (nSPS) is 18.0. The molecule has 3 heterocycles. The molecule has 1 amide bonds. The number of benzene rings is 1. The van der Waals surface area contributed by atoms with E-state index in [1.165, 1.54) is 5.39 Å². The van der Waals surface area contributed by atoms with Crippen molar-refractivity contribution in [1.82, 2.24) is 25.0 Å². The minimum Gasteiger partial charge on any atom is -0.392 e. The summed E-state index contributed by atoms with van der Waals surface area (Å²) < 4.78 is 2.13. The molecular formula is C20H25N5O2. The van der Waals surface area contributed by atoms with Gasteiger partial charge in [-0.1, -0.05) is 18.2 Å². The highest BCUT2D eigenvalue weighted by Crippen LogP contribution is 2.16. The average Bonchev–Trinajstić information content (AvgIpc) is 3.30. The average molecular weight is 367 g/mol. The second-order valence-corrected chi connectivity index (χ2v) is 7.13. The lowest BCUT2D eigenvalue weighted by Crippen LogP contribution is -2.42. The summed E-state index contributed by atoms with van der Waals surface area (Å²) in [4.78, 5) is 14.5. The number of fused-ring (bicyclic) bond motifs is 1. The molecule has 2 aromatic heterocycles. The maximum atomic E-state index is 12.3. The first-order chi connectivity index (χ1) is 13.2. The minimum atomic E-state index is -0.242. The van der Waals surface area contributed by atoms with E-state index in [2.05, 4.69) is 43.2 Å². The maximum Gasteiger partial charge on any atom is 0.271 e. The molecule has 0 spiro atoms. The molecule has 0 aliphatic carbocycles. The number of likely N-dealkylation sites (tertiary alicyclic amines) is 1. The number of nitrogens with zero attached hydrogens (tertiary/aromatic N) is 3. The molecule has 1 saturated heterocycles. The topological polar surface area (TPSA) is 86.2 Å². The van der Waals surface area contributed by atoms with Crippen LogP contribution in [0.1, 0.15) is 29.0 Å². The zero-order valence-corrected chi connectivity index (χ0v) is 15.3. The van der Waals surface area contributed by atoms with Gasteiger partial charge in [-0.25, -0.2) is 0 Å². The molecule has 142 valence electrons. The van der Waals surface area contributed by atoms with Gasteiger partial charge in [0, 0.05) is 31.3 Å². The van der Waals surface area contributed by atoms with Gasteiger partial charge >= 0.3 is 0 Å². The van der Waals surface area contributed by atoms with Crippen LogP contribution in [0, 0.1) is 0 Å². The van der Waals surface area contributed by atoms with Gasteiger partial charge in [0.15, 0.2) is 0 Å². The largest absolute Gasteiger partial charge is 0.392 e. The predicted octanol–water partition coefficient (Wildman–Crippen LogP) is 1.60. The van der Waals surface area contributed by atoms with Crippen molar-refractivity contribution in [1.29, 1.82) is 0 Å². The summed E-state index contributed by atoms with van der Waals surface area (Å²) in [7, 11) is 0. The van der Waals surface area contributed by atoms with E-state index in [0.29, 0.717) is 25.3 Å². The van der Waals surface area contributed by atoms with Crippen LogP contribution in [0.15, 0.2) is 42.6 Å². The van der Waals surface area contributed by atoms with E-state index in [9.17, 15) is 9.90 Å². The number of aliphatic hydroxyl groups excluding tert-OH is 1. The molecule has 1 aliphatic heterocycles. The lowest BCUT2D eigenvalue weighted by atomic mass is 10.1. The van der Waals surface area contributed by atoms with E-state index in [1.54, 1.807) is 6.07 Å². The molecule has 0 bridgehead atoms. The van der Waals surface area contributed by atoms with Crippen molar-refractivity contribution in [2.75, 3.05) is 26.2 Å². The lowest BCUT2D eigenvalue weighted by Gasteiger charge is -2.29. The van der Waals surface area contributed by atoms with Gasteiger partial charge < -0.3 is 15.0 Å². The molecule has 3 aromatic rings. The Hall–Kier alpha value is -2.64. The number of aliphatic hydroxyl groups is 1. The van der Waals surface area contributed by atoms with Gasteiger partial charge in [0.25, 0.3) is 5.91 Å². The van der Waals surface area contributed by atoms with E-state index in [-0.39, 0.29) is 12.0 Å². The zero-order chi connectivity index (χ0) is 18.6. The molecule has 0 unspecified atom stereocenters. The fraction of sp³-hybridized carbons (Fsp3) is 0.400. The first kappa shape index (κ1) is 17.8. The lowest BCUT2D eigenvalue weighted by molar-refractivity contribution is 0.0702. The standard InChI is InChI=1S/C20H25N5O2/c26-17-5-3-9-24(14-17)11-8-21-20(27)18-12-16(22-23-18)13-25-10-7-15-4-1-2-6-19(15)25/h1-2,4,6-7,10,12,17,26H,3,5,8-9,11,13-14H2,(H,21,27)(H,22,23)/t17-/m1/s1. The molecule has 7 nitrogen and oxygen atoms in total. The van der Waals surface area contributed by atoms with Gasteiger partial charge in [-0.05, 0) is 43.0 Å². The van der Waals surface area contributed by atoms with Crippen LogP contribution in [0.3, 0.4) is 0 Å². The van der Waals surface area contributed by atoms with Crippen LogP contribution in [0.4, 0.5) is 0 Å². The number of aromatic nitrogens is 3. The highest BCUT2D eigenvalue weighted by Gasteiger charge is 2.17. The number of β-amino-alcohol motifs (C(OH)–C–C–N with tert-alkyl or cyclic N) is 1. The number of carbonyl (C=O) groups is 1. The number of amides is 1. The van der Waals surface area contributed by atoms with Crippen LogP contribution in [0.25, 0.3) is 10.9 Å². The first-order valence-electron chi connectivity index (χ1n) is 9.46. The molecule has 1 aliphatic rings. The van der Waals surface area contributed by atoms with Crippen LogP contribution in [-0.4, -0.2) is 63.0 Å². The fourth-order valence-corrected chi connectivity index (χ4v) is 3.67. The Labute approximate surface area is 158 Å². The molecule has 1 fully saturated rings. The molecule has 0 saturated carbocycles. The smallest absolute Gasteiger partial charge is 0.271 e. The summed E-state index contributed by atoms with van der Waals surface area (Å²) >= 11 is 0. The van der Waals surface area contributed by atoms with Crippen molar-refractivity contribution in [3.63, 3.8) is 0 Å². The summed E-state index contributed by atoms with van der Waals surface area (Å²) in [6, 6.07) is 12.1. The molecule has 1 aromatic carbocycles. The number of aromatic amines is 1. The molecule has 3 N–H and O–H groups in total. The van der Waals surface area contributed by atoms with Gasteiger partial charge in [-0.2, -0.15) is 5.10 Å². The van der Waals surface area contributed by atoms with Crippen molar-refractivity contribution < 1.29 is 9.90 Å². The molecular weight excluding hydrogens is 342 g/mol. The van der Waals surface area contributed by atoms with Crippen molar-refractivity contribution in [2.24, 2.45) is 0 Å². The molecule has 4 rings (SSSR count). The van der Waals surface area contributed by atoms with Crippen molar-refractivity contribution in [3.05, 3.63) is 54.0 Å².